The van der Waals surface area contributed by atoms with Crippen LogP contribution in [0.5, 0.6) is 0 Å². The fourth-order valence-electron chi connectivity index (χ4n) is 2.37. The smallest absolute Gasteiger partial charge is 0.272 e. The minimum atomic E-state index is -0.465. The minimum absolute atomic E-state index is 0.141. The molecule has 0 aliphatic heterocycles. The minimum Gasteiger partial charge on any atom is -0.272 e. The first-order valence-corrected chi connectivity index (χ1v) is 9.79. The first-order chi connectivity index (χ1) is 12.5. The van der Waals surface area contributed by atoms with Gasteiger partial charge in [-0.1, -0.05) is 17.7 Å². The van der Waals surface area contributed by atoms with Gasteiger partial charge < -0.3 is 0 Å². The summed E-state index contributed by atoms with van der Waals surface area (Å²) < 4.78 is 14.6. The highest BCUT2D eigenvalue weighted by Crippen LogP contribution is 2.32. The molecule has 1 aromatic heterocycles. The van der Waals surface area contributed by atoms with Crippen LogP contribution in [0.2, 0.25) is 5.02 Å². The number of nitrogens with one attached hydrogen (secondary N) is 2. The van der Waals surface area contributed by atoms with Crippen LogP contribution in [-0.4, -0.2) is 17.6 Å². The van der Waals surface area contributed by atoms with Gasteiger partial charge in [0.05, 0.1) is 10.6 Å². The fourth-order valence-corrected chi connectivity index (χ4v) is 4.31. The van der Waals surface area contributed by atoms with Crippen molar-refractivity contribution >= 4 is 56.6 Å². The van der Waals surface area contributed by atoms with Gasteiger partial charge in [-0.15, -0.1) is 23.1 Å². The number of fused-ring (bicyclic) bond motifs is 1. The van der Waals surface area contributed by atoms with Gasteiger partial charge in [-0.05, 0) is 48.9 Å². The lowest BCUT2D eigenvalue weighted by molar-refractivity contribution is -0.119. The number of carbonyl (C=O) groups excluding carboxylic acids is 2. The average molecular weight is 409 g/mol. The number of halogens is 2. The number of hydrogen-bond donors (Lipinski definition) is 2. The molecule has 0 aliphatic carbocycles. The summed E-state index contributed by atoms with van der Waals surface area (Å²) in [4.78, 5) is 25.5. The van der Waals surface area contributed by atoms with Crippen molar-refractivity contribution < 1.29 is 14.0 Å². The van der Waals surface area contributed by atoms with Crippen molar-refractivity contribution in [1.82, 2.24) is 10.9 Å². The third-order valence-electron chi connectivity index (χ3n) is 3.61. The molecule has 0 bridgehead atoms. The van der Waals surface area contributed by atoms with Crippen LogP contribution < -0.4 is 10.9 Å². The van der Waals surface area contributed by atoms with E-state index in [0.717, 1.165) is 4.90 Å². The Morgan fingerprint density at radius 1 is 1.15 bits per heavy atom. The zero-order valence-electron chi connectivity index (χ0n) is 13.6. The lowest BCUT2D eigenvalue weighted by Crippen LogP contribution is -2.42. The number of thiophene rings is 1. The number of hydrogen-bond acceptors (Lipinski definition) is 4. The Hall–Kier alpha value is -2.09. The third kappa shape index (κ3) is 4.17. The van der Waals surface area contributed by atoms with Crippen LogP contribution in [-0.2, 0) is 4.79 Å². The Morgan fingerprint density at radius 3 is 2.58 bits per heavy atom. The summed E-state index contributed by atoms with van der Waals surface area (Å²) in [5, 5.41) is 1.06. The molecule has 0 radical (unpaired) electrons. The van der Waals surface area contributed by atoms with Crippen LogP contribution in [0.4, 0.5) is 4.39 Å². The molecule has 0 fully saturated rings. The van der Waals surface area contributed by atoms with E-state index in [1.165, 1.54) is 29.2 Å². The Labute approximate surface area is 162 Å². The maximum Gasteiger partial charge on any atom is 0.280 e. The number of amides is 2. The summed E-state index contributed by atoms with van der Waals surface area (Å²) in [7, 11) is 0. The molecule has 2 aromatic carbocycles. The molecule has 8 heteroatoms. The fraction of sp³-hybridized carbons (Fsp3) is 0.111. The Kier molecular flexibility index (Phi) is 5.80. The maximum atomic E-state index is 13.9. The molecule has 2 N–H and O–H groups in total. The highest BCUT2D eigenvalue weighted by Gasteiger charge is 2.18. The molecule has 1 heterocycles. The molecule has 0 spiro atoms. The van der Waals surface area contributed by atoms with Gasteiger partial charge in [-0.25, -0.2) is 4.39 Å². The maximum absolute atomic E-state index is 13.9. The second-order valence-corrected chi connectivity index (χ2v) is 7.95. The van der Waals surface area contributed by atoms with E-state index < -0.39 is 5.91 Å². The predicted molar refractivity (Wildman–Crippen MR) is 104 cm³/mol. The van der Waals surface area contributed by atoms with E-state index in [0.29, 0.717) is 25.5 Å². The predicted octanol–water partition coefficient (Wildman–Crippen LogP) is 4.56. The molecule has 2 amide bonds. The second-order valence-electron chi connectivity index (χ2n) is 5.41. The monoisotopic (exact) mass is 408 g/mol. The number of benzene rings is 2. The van der Waals surface area contributed by atoms with Crippen LogP contribution in [0.25, 0.3) is 10.1 Å². The molecule has 0 saturated carbocycles. The molecular formula is C18H14ClFN2O2S2. The largest absolute Gasteiger partial charge is 0.280 e. The van der Waals surface area contributed by atoms with E-state index in [1.807, 2.05) is 12.1 Å². The zero-order valence-corrected chi connectivity index (χ0v) is 16.0. The summed E-state index contributed by atoms with van der Waals surface area (Å²) in [5.74, 6) is -1.03. The SMILES string of the molecule is Cc1c(C(=O)NNC(=O)CSc2ccc(Cl)cc2)sc2cccc(F)c12. The number of aryl methyl sites for hydroxylation is 1. The lowest BCUT2D eigenvalue weighted by atomic mass is 10.1. The Morgan fingerprint density at radius 2 is 1.88 bits per heavy atom. The Balaban J connectivity index is 1.58. The van der Waals surface area contributed by atoms with Gasteiger partial charge >= 0.3 is 0 Å². The number of hydrazine groups is 1. The van der Waals surface area contributed by atoms with Crippen molar-refractivity contribution in [2.24, 2.45) is 0 Å². The first kappa shape index (κ1) is 18.7. The normalized spacial score (nSPS) is 10.7. The molecule has 0 saturated heterocycles. The van der Waals surface area contributed by atoms with E-state index in [9.17, 15) is 14.0 Å². The van der Waals surface area contributed by atoms with E-state index in [2.05, 4.69) is 10.9 Å². The Bertz CT molecular complexity index is 973. The summed E-state index contributed by atoms with van der Waals surface area (Å²) >= 11 is 8.32. The molecule has 0 atom stereocenters. The van der Waals surface area contributed by atoms with E-state index in [-0.39, 0.29) is 17.5 Å². The van der Waals surface area contributed by atoms with Crippen molar-refractivity contribution in [3.63, 3.8) is 0 Å². The standard InChI is InChI=1S/C18H14ClFN2O2S2/c1-10-16-13(20)3-2-4-14(16)26-17(10)18(24)22-21-15(23)9-25-12-7-5-11(19)6-8-12/h2-8H,9H2,1H3,(H,21,23)(H,22,24). The summed E-state index contributed by atoms with van der Waals surface area (Å²) in [6, 6.07) is 11.8. The van der Waals surface area contributed by atoms with E-state index in [1.54, 1.807) is 31.2 Å². The highest BCUT2D eigenvalue weighted by atomic mass is 35.5. The van der Waals surface area contributed by atoms with Gasteiger partial charge in [0.15, 0.2) is 0 Å². The van der Waals surface area contributed by atoms with Crippen molar-refractivity contribution in [2.45, 2.75) is 11.8 Å². The van der Waals surface area contributed by atoms with Crippen LogP contribution >= 0.6 is 34.7 Å². The highest BCUT2D eigenvalue weighted by molar-refractivity contribution is 8.00. The van der Waals surface area contributed by atoms with Crippen molar-refractivity contribution in [1.29, 1.82) is 0 Å². The zero-order chi connectivity index (χ0) is 18.7. The molecule has 3 aromatic rings. The molecule has 3 rings (SSSR count). The summed E-state index contributed by atoms with van der Waals surface area (Å²) in [6.45, 7) is 1.69. The molecule has 0 aliphatic rings. The van der Waals surface area contributed by atoms with Crippen LogP contribution in [0.15, 0.2) is 47.4 Å². The molecule has 26 heavy (non-hydrogen) atoms. The quantitative estimate of drug-likeness (QED) is 0.491. The van der Waals surface area contributed by atoms with Gasteiger partial charge in [0.1, 0.15) is 5.82 Å². The summed E-state index contributed by atoms with van der Waals surface area (Å²) in [5.41, 5.74) is 5.32. The molecule has 4 nitrogen and oxygen atoms in total. The molecule has 134 valence electrons. The average Bonchev–Trinajstić information content (AvgIpc) is 2.97. The van der Waals surface area contributed by atoms with Crippen molar-refractivity contribution in [3.8, 4) is 0 Å². The van der Waals surface area contributed by atoms with Gasteiger partial charge in [0.25, 0.3) is 5.91 Å². The molecular weight excluding hydrogens is 395 g/mol. The van der Waals surface area contributed by atoms with Gasteiger partial charge in [0.2, 0.25) is 5.91 Å². The summed E-state index contributed by atoms with van der Waals surface area (Å²) in [6.07, 6.45) is 0. The van der Waals surface area contributed by atoms with Gasteiger partial charge in [0, 0.05) is 20.0 Å². The number of thioether (sulfide) groups is 1. The van der Waals surface area contributed by atoms with Crippen molar-refractivity contribution in [3.05, 3.63) is 63.7 Å². The van der Waals surface area contributed by atoms with Gasteiger partial charge in [-0.3, -0.25) is 20.4 Å². The van der Waals surface area contributed by atoms with Crippen LogP contribution in [0, 0.1) is 12.7 Å². The third-order valence-corrected chi connectivity index (χ3v) is 6.13. The number of rotatable bonds is 4. The van der Waals surface area contributed by atoms with Gasteiger partial charge in [-0.2, -0.15) is 0 Å². The van der Waals surface area contributed by atoms with Crippen LogP contribution in [0.1, 0.15) is 15.2 Å². The van der Waals surface area contributed by atoms with Crippen molar-refractivity contribution in [2.75, 3.05) is 5.75 Å². The second kappa shape index (κ2) is 8.07. The lowest BCUT2D eigenvalue weighted by Gasteiger charge is -2.07. The number of carbonyl (C=O) groups is 2. The van der Waals surface area contributed by atoms with Crippen LogP contribution in [0.3, 0.4) is 0 Å². The topological polar surface area (TPSA) is 58.2 Å². The van der Waals surface area contributed by atoms with E-state index >= 15 is 0 Å². The molecule has 0 unspecified atom stereocenters. The first-order valence-electron chi connectivity index (χ1n) is 7.61. The van der Waals surface area contributed by atoms with E-state index in [4.69, 9.17) is 11.6 Å².